The highest BCUT2D eigenvalue weighted by Gasteiger charge is 2.50. The maximum Gasteiger partial charge on any atom is 0.224 e. The third-order valence-corrected chi connectivity index (χ3v) is 5.15. The predicted octanol–water partition coefficient (Wildman–Crippen LogP) is 0.834. The van der Waals surface area contributed by atoms with Gasteiger partial charge in [0.2, 0.25) is 5.91 Å². The zero-order valence-electron chi connectivity index (χ0n) is 16.2. The number of carbonyl (C=O) groups is 3. The zero-order chi connectivity index (χ0) is 19.5. The molecule has 1 saturated carbocycles. The first-order valence-corrected chi connectivity index (χ1v) is 9.43. The molecule has 0 aromatic carbocycles. The Labute approximate surface area is 155 Å². The van der Waals surface area contributed by atoms with Gasteiger partial charge in [-0.25, -0.2) is 0 Å². The van der Waals surface area contributed by atoms with E-state index in [1.807, 2.05) is 13.8 Å². The van der Waals surface area contributed by atoms with Crippen molar-refractivity contribution in [2.24, 2.45) is 23.5 Å². The van der Waals surface area contributed by atoms with Crippen LogP contribution in [0, 0.1) is 17.8 Å². The van der Waals surface area contributed by atoms with Crippen molar-refractivity contribution in [1.82, 2.24) is 5.32 Å². The number of ether oxygens (including phenoxy) is 2. The zero-order valence-corrected chi connectivity index (χ0v) is 16.2. The summed E-state index contributed by atoms with van der Waals surface area (Å²) >= 11 is 0. The van der Waals surface area contributed by atoms with Crippen molar-refractivity contribution < 1.29 is 23.9 Å². The maximum absolute atomic E-state index is 12.9. The van der Waals surface area contributed by atoms with Crippen molar-refractivity contribution in [3.8, 4) is 0 Å². The van der Waals surface area contributed by atoms with Gasteiger partial charge < -0.3 is 20.5 Å². The molecule has 0 bridgehead atoms. The molecule has 0 unspecified atom stereocenters. The molecule has 7 nitrogen and oxygen atoms in total. The van der Waals surface area contributed by atoms with Crippen LogP contribution in [0.4, 0.5) is 0 Å². The molecule has 1 heterocycles. The van der Waals surface area contributed by atoms with Crippen LogP contribution in [0.5, 0.6) is 0 Å². The Kier molecular flexibility index (Phi) is 6.93. The van der Waals surface area contributed by atoms with Crippen molar-refractivity contribution in [2.75, 3.05) is 20.3 Å². The fourth-order valence-corrected chi connectivity index (χ4v) is 3.21. The van der Waals surface area contributed by atoms with Gasteiger partial charge in [-0.2, -0.15) is 0 Å². The first-order valence-electron chi connectivity index (χ1n) is 9.43. The number of hydrogen-bond donors (Lipinski definition) is 2. The summed E-state index contributed by atoms with van der Waals surface area (Å²) in [5.74, 6) is -0.479. The van der Waals surface area contributed by atoms with Gasteiger partial charge >= 0.3 is 0 Å². The van der Waals surface area contributed by atoms with Crippen molar-refractivity contribution in [2.45, 2.75) is 64.1 Å². The monoisotopic (exact) mass is 368 g/mol. The number of nitrogens with two attached hydrogens (primary N) is 1. The second-order valence-corrected chi connectivity index (χ2v) is 8.25. The minimum Gasteiger partial charge on any atom is -0.383 e. The highest BCUT2D eigenvalue weighted by Crippen LogP contribution is 2.39. The standard InChI is InChI=1S/C19H32N2O5/c1-11(2)7-15(17(23)19(3)10-26-19)21-18(24)13(12-5-6-12)8-16(22)14(20)9-25-4/h11-15H,5-10,20H2,1-4H3,(H,21,24)/t13-,14-,15-,19+/m0/s1. The number of amides is 1. The van der Waals surface area contributed by atoms with E-state index in [0.717, 1.165) is 12.8 Å². The molecule has 2 fully saturated rings. The number of Topliss-reactive ketones (excluding diaryl/α,β-unsaturated/α-hetero) is 2. The van der Waals surface area contributed by atoms with Gasteiger partial charge in [0, 0.05) is 19.4 Å². The van der Waals surface area contributed by atoms with Crippen LogP contribution >= 0.6 is 0 Å². The molecule has 7 heteroatoms. The average molecular weight is 368 g/mol. The van der Waals surface area contributed by atoms with Crippen molar-refractivity contribution in [3.05, 3.63) is 0 Å². The second-order valence-electron chi connectivity index (χ2n) is 8.25. The highest BCUT2D eigenvalue weighted by molar-refractivity contribution is 5.97. The van der Waals surface area contributed by atoms with Crippen LogP contribution < -0.4 is 11.1 Å². The van der Waals surface area contributed by atoms with Gasteiger partial charge in [-0.3, -0.25) is 14.4 Å². The molecule has 4 atom stereocenters. The van der Waals surface area contributed by atoms with Crippen LogP contribution in [0.25, 0.3) is 0 Å². The molecule has 2 rings (SSSR count). The van der Waals surface area contributed by atoms with Crippen molar-refractivity contribution in [1.29, 1.82) is 0 Å². The fraction of sp³-hybridized carbons (Fsp3) is 0.842. The van der Waals surface area contributed by atoms with Crippen LogP contribution in [0.2, 0.25) is 0 Å². The van der Waals surface area contributed by atoms with E-state index in [1.54, 1.807) is 6.92 Å². The lowest BCUT2D eigenvalue weighted by Gasteiger charge is -2.24. The molecule has 0 radical (unpaired) electrons. The van der Waals surface area contributed by atoms with E-state index in [-0.39, 0.29) is 42.3 Å². The smallest absolute Gasteiger partial charge is 0.224 e. The third kappa shape index (κ3) is 5.59. The van der Waals surface area contributed by atoms with Crippen LogP contribution in [-0.4, -0.2) is 55.5 Å². The van der Waals surface area contributed by atoms with Crippen LogP contribution in [0.15, 0.2) is 0 Å². The molecule has 1 amide bonds. The van der Waals surface area contributed by atoms with Crippen LogP contribution in [0.1, 0.15) is 46.5 Å². The SMILES string of the molecule is COC[C@H](N)C(=O)C[C@H](C(=O)N[C@@H](CC(C)C)C(=O)[C@@]1(C)CO1)C1CC1. The molecule has 0 aromatic heterocycles. The van der Waals surface area contributed by atoms with E-state index in [4.69, 9.17) is 15.2 Å². The Morgan fingerprint density at radius 1 is 1.31 bits per heavy atom. The van der Waals surface area contributed by atoms with E-state index < -0.39 is 23.6 Å². The topological polar surface area (TPSA) is 111 Å². The first-order chi connectivity index (χ1) is 12.2. The number of epoxide rings is 1. The minimum absolute atomic E-state index is 0.0866. The average Bonchev–Trinajstić information content (AvgIpc) is 3.47. The summed E-state index contributed by atoms with van der Waals surface area (Å²) in [6.45, 7) is 6.30. The van der Waals surface area contributed by atoms with Gasteiger partial charge in [0.15, 0.2) is 11.6 Å². The molecular weight excluding hydrogens is 336 g/mol. The highest BCUT2D eigenvalue weighted by atomic mass is 16.6. The first kappa shape index (κ1) is 21.0. The molecule has 26 heavy (non-hydrogen) atoms. The molecule has 1 aliphatic heterocycles. The number of hydrogen-bond acceptors (Lipinski definition) is 6. The number of rotatable bonds is 12. The summed E-state index contributed by atoms with van der Waals surface area (Å²) in [5, 5.41) is 2.90. The van der Waals surface area contributed by atoms with Crippen LogP contribution in [0.3, 0.4) is 0 Å². The lowest BCUT2D eigenvalue weighted by molar-refractivity contribution is -0.135. The summed E-state index contributed by atoms with van der Waals surface area (Å²) in [6, 6.07) is -1.31. The van der Waals surface area contributed by atoms with Gasteiger partial charge in [0.25, 0.3) is 0 Å². The van der Waals surface area contributed by atoms with Gasteiger partial charge in [0.05, 0.1) is 25.3 Å². The quantitative estimate of drug-likeness (QED) is 0.494. The van der Waals surface area contributed by atoms with Crippen molar-refractivity contribution in [3.63, 3.8) is 0 Å². The third-order valence-electron chi connectivity index (χ3n) is 5.15. The Morgan fingerprint density at radius 2 is 1.92 bits per heavy atom. The lowest BCUT2D eigenvalue weighted by Crippen LogP contribution is -2.49. The Hall–Kier alpha value is -1.31. The molecule has 1 saturated heterocycles. The summed E-state index contributed by atoms with van der Waals surface area (Å²) in [5.41, 5.74) is 5.02. The Morgan fingerprint density at radius 3 is 2.38 bits per heavy atom. The van der Waals surface area contributed by atoms with Gasteiger partial charge in [-0.1, -0.05) is 13.8 Å². The van der Waals surface area contributed by atoms with Gasteiger partial charge in [0.1, 0.15) is 5.60 Å². The lowest BCUT2D eigenvalue weighted by atomic mass is 9.90. The Balaban J connectivity index is 2.02. The van der Waals surface area contributed by atoms with E-state index in [9.17, 15) is 14.4 Å². The predicted molar refractivity (Wildman–Crippen MR) is 96.4 cm³/mol. The molecule has 2 aliphatic rings. The van der Waals surface area contributed by atoms with E-state index in [0.29, 0.717) is 13.0 Å². The summed E-state index contributed by atoms with van der Waals surface area (Å²) in [7, 11) is 1.49. The van der Waals surface area contributed by atoms with E-state index in [2.05, 4.69) is 5.32 Å². The van der Waals surface area contributed by atoms with E-state index in [1.165, 1.54) is 7.11 Å². The summed E-state index contributed by atoms with van der Waals surface area (Å²) in [4.78, 5) is 37.8. The number of carbonyl (C=O) groups excluding carboxylic acids is 3. The van der Waals surface area contributed by atoms with E-state index >= 15 is 0 Å². The van der Waals surface area contributed by atoms with Gasteiger partial charge in [-0.05, 0) is 38.0 Å². The van der Waals surface area contributed by atoms with Gasteiger partial charge in [-0.15, -0.1) is 0 Å². The molecule has 0 aromatic rings. The number of nitrogens with one attached hydrogen (secondary N) is 1. The summed E-state index contributed by atoms with van der Waals surface area (Å²) in [6.07, 6.45) is 2.50. The van der Waals surface area contributed by atoms with Crippen molar-refractivity contribution >= 4 is 17.5 Å². The maximum atomic E-state index is 12.9. The fourth-order valence-electron chi connectivity index (χ4n) is 3.21. The molecular formula is C19H32N2O5. The second kappa shape index (κ2) is 8.59. The number of methoxy groups -OCH3 is 1. The molecule has 0 spiro atoms. The summed E-state index contributed by atoms with van der Waals surface area (Å²) < 4.78 is 10.2. The largest absolute Gasteiger partial charge is 0.383 e. The number of ketones is 2. The van der Waals surface area contributed by atoms with Crippen LogP contribution in [-0.2, 0) is 23.9 Å². The molecule has 3 N–H and O–H groups in total. The molecule has 1 aliphatic carbocycles. The Bertz CT molecular complexity index is 540. The molecule has 148 valence electrons. The normalized spacial score (nSPS) is 25.5. The minimum atomic E-state index is -0.779.